The molecule has 0 fully saturated rings. The van der Waals surface area contributed by atoms with Crippen molar-refractivity contribution in [2.75, 3.05) is 19.8 Å². The molecule has 0 heterocycles. The van der Waals surface area contributed by atoms with E-state index in [9.17, 15) is 4.79 Å². The molecule has 4 N–H and O–H groups in total. The van der Waals surface area contributed by atoms with Crippen molar-refractivity contribution in [3.05, 3.63) is 0 Å². The van der Waals surface area contributed by atoms with E-state index >= 15 is 0 Å². The second-order valence-corrected chi connectivity index (χ2v) is 2.69. The van der Waals surface area contributed by atoms with E-state index in [1.54, 1.807) is 0 Å². The van der Waals surface area contributed by atoms with E-state index in [1.807, 2.05) is 0 Å². The van der Waals surface area contributed by atoms with Gasteiger partial charge in [-0.05, 0) is 18.8 Å². The minimum Gasteiger partial charge on any atom is -0.465 e. The molecule has 0 aromatic rings. The van der Waals surface area contributed by atoms with Crippen LogP contribution in [0.1, 0.15) is 12.8 Å². The van der Waals surface area contributed by atoms with Gasteiger partial charge in [0.1, 0.15) is 0 Å². The Balaban J connectivity index is 3.41. The zero-order valence-electron chi connectivity index (χ0n) is 7.27. The van der Waals surface area contributed by atoms with Gasteiger partial charge in [-0.1, -0.05) is 0 Å². The minimum atomic E-state index is -1.07. The molecule has 0 aliphatic heterocycles. The molecule has 0 radical (unpaired) electrons. The van der Waals surface area contributed by atoms with E-state index in [-0.39, 0.29) is 19.1 Å². The van der Waals surface area contributed by atoms with Crippen molar-refractivity contribution in [1.82, 2.24) is 5.32 Å². The smallest absolute Gasteiger partial charge is 0.404 e. The van der Waals surface area contributed by atoms with Crippen LogP contribution in [0.4, 0.5) is 4.79 Å². The third kappa shape index (κ3) is 7.51. The molecule has 0 aromatic heterocycles. The van der Waals surface area contributed by atoms with Crippen molar-refractivity contribution in [2.45, 2.75) is 12.8 Å². The van der Waals surface area contributed by atoms with Gasteiger partial charge >= 0.3 is 6.09 Å². The Labute approximate surface area is 76.1 Å². The average molecular weight is 193 g/mol. The average Bonchev–Trinajstić information content (AvgIpc) is 2.10. The highest BCUT2D eigenvalue weighted by Crippen LogP contribution is 2.06. The molecule has 0 spiro atoms. The molecule has 1 atom stereocenters. The van der Waals surface area contributed by atoms with Crippen LogP contribution in [-0.2, 0) is 4.89 Å². The molecule has 6 heteroatoms. The van der Waals surface area contributed by atoms with Gasteiger partial charge in [0.2, 0.25) is 0 Å². The molecule has 0 rings (SSSR count). The maximum atomic E-state index is 10.0. The molecule has 13 heavy (non-hydrogen) atoms. The summed E-state index contributed by atoms with van der Waals surface area (Å²) in [7, 11) is 0. The van der Waals surface area contributed by atoms with Crippen LogP contribution in [0.5, 0.6) is 0 Å². The Morgan fingerprint density at radius 3 is 2.62 bits per heavy atom. The van der Waals surface area contributed by atoms with E-state index in [4.69, 9.17) is 15.5 Å². The van der Waals surface area contributed by atoms with Crippen LogP contribution in [-0.4, -0.2) is 41.3 Å². The van der Waals surface area contributed by atoms with E-state index in [1.165, 1.54) is 0 Å². The molecule has 78 valence electrons. The van der Waals surface area contributed by atoms with E-state index in [2.05, 4.69) is 10.2 Å². The van der Waals surface area contributed by atoms with Crippen LogP contribution in [0.15, 0.2) is 0 Å². The van der Waals surface area contributed by atoms with Crippen molar-refractivity contribution in [3.63, 3.8) is 0 Å². The summed E-state index contributed by atoms with van der Waals surface area (Å²) in [5.41, 5.74) is 0. The molecule has 0 saturated carbocycles. The number of amides is 1. The van der Waals surface area contributed by atoms with Crippen LogP contribution in [0.2, 0.25) is 0 Å². The first-order valence-electron chi connectivity index (χ1n) is 4.04. The maximum absolute atomic E-state index is 10.0. The predicted octanol–water partition coefficient (Wildman–Crippen LogP) is 0.132. The quantitative estimate of drug-likeness (QED) is 0.340. The van der Waals surface area contributed by atoms with Gasteiger partial charge in [0.05, 0.1) is 6.61 Å². The molecule has 0 saturated heterocycles. The first kappa shape index (κ1) is 12.2. The van der Waals surface area contributed by atoms with Gasteiger partial charge in [-0.3, -0.25) is 5.26 Å². The number of aliphatic hydroxyl groups excluding tert-OH is 1. The third-order valence-corrected chi connectivity index (χ3v) is 1.70. The fourth-order valence-electron chi connectivity index (χ4n) is 0.930. The molecular weight excluding hydrogens is 178 g/mol. The largest absolute Gasteiger partial charge is 0.465 e. The first-order chi connectivity index (χ1) is 6.20. The van der Waals surface area contributed by atoms with Gasteiger partial charge in [-0.2, -0.15) is 0 Å². The van der Waals surface area contributed by atoms with Gasteiger partial charge < -0.3 is 15.5 Å². The van der Waals surface area contributed by atoms with E-state index in [0.717, 1.165) is 0 Å². The number of hydrogen-bond acceptors (Lipinski definition) is 4. The normalized spacial score (nSPS) is 12.5. The Morgan fingerprint density at radius 1 is 1.46 bits per heavy atom. The van der Waals surface area contributed by atoms with Gasteiger partial charge in [0.25, 0.3) is 0 Å². The molecule has 0 bridgehead atoms. The monoisotopic (exact) mass is 193 g/mol. The SMILES string of the molecule is O=C(O)NCCC(CO)CCOO. The lowest BCUT2D eigenvalue weighted by Crippen LogP contribution is -2.25. The third-order valence-electron chi connectivity index (χ3n) is 1.70. The molecular formula is C7H15NO5. The first-order valence-corrected chi connectivity index (χ1v) is 4.04. The number of carboxylic acid groups (broad SMARTS) is 1. The lowest BCUT2D eigenvalue weighted by molar-refractivity contribution is -0.244. The molecule has 0 aliphatic rings. The number of hydrogen-bond donors (Lipinski definition) is 4. The van der Waals surface area contributed by atoms with Gasteiger partial charge in [-0.15, -0.1) is 0 Å². The highest BCUT2D eigenvalue weighted by atomic mass is 17.1. The summed E-state index contributed by atoms with van der Waals surface area (Å²) in [6, 6.07) is 0. The maximum Gasteiger partial charge on any atom is 0.404 e. The lowest BCUT2D eigenvalue weighted by atomic mass is 10.0. The summed E-state index contributed by atoms with van der Waals surface area (Å²) in [5, 5.41) is 27.3. The van der Waals surface area contributed by atoms with Crippen molar-refractivity contribution in [2.24, 2.45) is 5.92 Å². The van der Waals surface area contributed by atoms with Crippen LogP contribution in [0.3, 0.4) is 0 Å². The van der Waals surface area contributed by atoms with Crippen molar-refractivity contribution in [1.29, 1.82) is 0 Å². The second kappa shape index (κ2) is 7.78. The zero-order valence-corrected chi connectivity index (χ0v) is 7.27. The number of rotatable bonds is 7. The van der Waals surface area contributed by atoms with Crippen LogP contribution < -0.4 is 5.32 Å². The molecule has 6 nitrogen and oxygen atoms in total. The topological polar surface area (TPSA) is 99.0 Å². The summed E-state index contributed by atoms with van der Waals surface area (Å²) in [4.78, 5) is 13.9. The Hall–Kier alpha value is -0.850. The predicted molar refractivity (Wildman–Crippen MR) is 44.4 cm³/mol. The zero-order chi connectivity index (χ0) is 10.1. The summed E-state index contributed by atoms with van der Waals surface area (Å²) < 4.78 is 0. The fourth-order valence-corrected chi connectivity index (χ4v) is 0.930. The summed E-state index contributed by atoms with van der Waals surface area (Å²) in [5.74, 6) is -0.0426. The van der Waals surface area contributed by atoms with E-state index < -0.39 is 6.09 Å². The number of carbonyl (C=O) groups is 1. The summed E-state index contributed by atoms with van der Waals surface area (Å²) in [6.07, 6.45) is -0.0319. The van der Waals surface area contributed by atoms with Gasteiger partial charge in [-0.25, -0.2) is 9.68 Å². The lowest BCUT2D eigenvalue weighted by Gasteiger charge is -2.12. The van der Waals surface area contributed by atoms with Gasteiger partial charge in [0, 0.05) is 13.2 Å². The Kier molecular flexibility index (Phi) is 7.27. The van der Waals surface area contributed by atoms with Crippen molar-refractivity contribution >= 4 is 6.09 Å². The molecule has 1 unspecified atom stereocenters. The number of aliphatic hydroxyl groups is 1. The Morgan fingerprint density at radius 2 is 2.15 bits per heavy atom. The second-order valence-electron chi connectivity index (χ2n) is 2.69. The standard InChI is InChI=1S/C7H15NO5/c9-5-6(2-4-13-12)1-3-8-7(10)11/h6,8-9,12H,1-5H2,(H,10,11). The molecule has 0 aromatic carbocycles. The van der Waals surface area contributed by atoms with Crippen LogP contribution >= 0.6 is 0 Å². The highest BCUT2D eigenvalue weighted by molar-refractivity contribution is 5.64. The molecule has 0 aliphatic carbocycles. The summed E-state index contributed by atoms with van der Waals surface area (Å²) >= 11 is 0. The Bertz CT molecular complexity index is 141. The van der Waals surface area contributed by atoms with Crippen molar-refractivity contribution in [3.8, 4) is 0 Å². The number of nitrogens with one attached hydrogen (secondary N) is 1. The van der Waals surface area contributed by atoms with E-state index in [0.29, 0.717) is 19.4 Å². The minimum absolute atomic E-state index is 0.0370. The van der Waals surface area contributed by atoms with Crippen LogP contribution in [0.25, 0.3) is 0 Å². The van der Waals surface area contributed by atoms with Gasteiger partial charge in [0.15, 0.2) is 0 Å². The fraction of sp³-hybridized carbons (Fsp3) is 0.857. The van der Waals surface area contributed by atoms with Crippen molar-refractivity contribution < 1.29 is 25.2 Å². The molecule has 1 amide bonds. The highest BCUT2D eigenvalue weighted by Gasteiger charge is 2.07. The van der Waals surface area contributed by atoms with Crippen LogP contribution in [0, 0.1) is 5.92 Å². The summed E-state index contributed by atoms with van der Waals surface area (Å²) in [6.45, 7) is 0.412.